The molecule has 0 spiro atoms. The van der Waals surface area contributed by atoms with Crippen LogP contribution in [0.3, 0.4) is 0 Å². The Hall–Kier alpha value is -1.06. The number of rotatable bonds is 3. The number of benzene rings is 1. The molecule has 0 bridgehead atoms. The first-order chi connectivity index (χ1) is 6.50. The second kappa shape index (κ2) is 4.44. The molecule has 0 fully saturated rings. The van der Waals surface area contributed by atoms with Gasteiger partial charge in [-0.25, -0.2) is 0 Å². The van der Waals surface area contributed by atoms with Gasteiger partial charge in [-0.3, -0.25) is 9.59 Å². The Morgan fingerprint density at radius 2 is 1.86 bits per heavy atom. The van der Waals surface area contributed by atoms with E-state index in [9.17, 15) is 9.59 Å². The lowest BCUT2D eigenvalue weighted by Gasteiger charge is -1.99. The van der Waals surface area contributed by atoms with Gasteiger partial charge >= 0.3 is 5.97 Å². The molecule has 0 aliphatic carbocycles. The Morgan fingerprint density at radius 3 is 2.36 bits per heavy atom. The van der Waals surface area contributed by atoms with Crippen LogP contribution >= 0.6 is 23.2 Å². The Morgan fingerprint density at radius 1 is 1.21 bits per heavy atom. The summed E-state index contributed by atoms with van der Waals surface area (Å²) in [4.78, 5) is 21.5. The summed E-state index contributed by atoms with van der Waals surface area (Å²) in [5.74, 6) is -1.66. The van der Waals surface area contributed by atoms with Crippen LogP contribution in [0.1, 0.15) is 16.8 Å². The minimum Gasteiger partial charge on any atom is -0.481 e. The molecule has 0 saturated heterocycles. The molecule has 0 aromatic heterocycles. The molecule has 1 aromatic carbocycles. The van der Waals surface area contributed by atoms with Crippen LogP contribution in [0.15, 0.2) is 18.2 Å². The zero-order chi connectivity index (χ0) is 10.7. The monoisotopic (exact) mass is 232 g/mol. The van der Waals surface area contributed by atoms with Gasteiger partial charge in [-0.15, -0.1) is 0 Å². The van der Waals surface area contributed by atoms with Crippen LogP contribution < -0.4 is 0 Å². The van der Waals surface area contributed by atoms with E-state index in [2.05, 4.69) is 0 Å². The van der Waals surface area contributed by atoms with Gasteiger partial charge in [0.2, 0.25) is 0 Å². The van der Waals surface area contributed by atoms with Crippen LogP contribution in [0.4, 0.5) is 0 Å². The molecule has 14 heavy (non-hydrogen) atoms. The Kier molecular flexibility index (Phi) is 3.49. The summed E-state index contributed by atoms with van der Waals surface area (Å²) < 4.78 is 0. The molecule has 74 valence electrons. The van der Waals surface area contributed by atoms with Crippen LogP contribution in [0.5, 0.6) is 0 Å². The first kappa shape index (κ1) is 11.0. The van der Waals surface area contributed by atoms with Gasteiger partial charge in [0.05, 0.1) is 10.0 Å². The largest absolute Gasteiger partial charge is 0.481 e. The predicted molar refractivity (Wildman–Crippen MR) is 53.0 cm³/mol. The number of hydrogen-bond acceptors (Lipinski definition) is 2. The summed E-state index contributed by atoms with van der Waals surface area (Å²) in [7, 11) is 0. The zero-order valence-corrected chi connectivity index (χ0v) is 8.47. The molecule has 0 amide bonds. The molecule has 0 heterocycles. The third-order valence-corrected chi connectivity index (χ3v) is 2.29. The molecule has 0 aliphatic rings. The average molecular weight is 233 g/mol. The molecule has 0 atom stereocenters. The van der Waals surface area contributed by atoms with Gasteiger partial charge < -0.3 is 5.11 Å². The number of carbonyl (C=O) groups excluding carboxylic acids is 1. The summed E-state index contributed by atoms with van der Waals surface area (Å²) in [6, 6.07) is 4.26. The fourth-order valence-corrected chi connectivity index (χ4v) is 1.21. The average Bonchev–Trinajstić information content (AvgIpc) is 2.08. The number of Topliss-reactive ketones (excluding diaryl/α,β-unsaturated/α-hetero) is 1. The summed E-state index contributed by atoms with van der Waals surface area (Å²) in [6.07, 6.45) is -0.544. The molecule has 0 unspecified atom stereocenters. The van der Waals surface area contributed by atoms with Gasteiger partial charge in [0.15, 0.2) is 5.78 Å². The fraction of sp³-hybridized carbons (Fsp3) is 0.111. The Bertz CT molecular complexity index is 388. The van der Waals surface area contributed by atoms with Crippen molar-refractivity contribution in [2.45, 2.75) is 6.42 Å². The lowest BCUT2D eigenvalue weighted by molar-refractivity contribution is -0.135. The van der Waals surface area contributed by atoms with Crippen LogP contribution in [-0.4, -0.2) is 16.9 Å². The van der Waals surface area contributed by atoms with Crippen molar-refractivity contribution in [3.63, 3.8) is 0 Å². The van der Waals surface area contributed by atoms with E-state index in [1.807, 2.05) is 0 Å². The quantitative estimate of drug-likeness (QED) is 0.644. The maximum absolute atomic E-state index is 11.2. The van der Waals surface area contributed by atoms with Gasteiger partial charge in [-0.05, 0) is 18.2 Å². The number of halogens is 2. The molecule has 1 rings (SSSR count). The molecule has 0 saturated carbocycles. The molecule has 5 heteroatoms. The van der Waals surface area contributed by atoms with E-state index in [0.717, 1.165) is 0 Å². The molecule has 3 nitrogen and oxygen atoms in total. The lowest BCUT2D eigenvalue weighted by Crippen LogP contribution is -2.06. The second-order valence-corrected chi connectivity index (χ2v) is 3.44. The minimum atomic E-state index is -1.17. The van der Waals surface area contributed by atoms with E-state index >= 15 is 0 Å². The maximum Gasteiger partial charge on any atom is 0.311 e. The first-order valence-corrected chi connectivity index (χ1v) is 4.46. The van der Waals surface area contributed by atoms with E-state index in [1.54, 1.807) is 0 Å². The highest BCUT2D eigenvalue weighted by atomic mass is 35.5. The number of aliphatic carboxylic acids is 1. The number of carboxylic acid groups (broad SMARTS) is 1. The highest BCUT2D eigenvalue weighted by molar-refractivity contribution is 6.42. The van der Waals surface area contributed by atoms with Crippen LogP contribution in [0.25, 0.3) is 0 Å². The highest BCUT2D eigenvalue weighted by Crippen LogP contribution is 2.23. The number of ketones is 1. The van der Waals surface area contributed by atoms with Crippen LogP contribution in [0, 0.1) is 0 Å². The van der Waals surface area contributed by atoms with Crippen molar-refractivity contribution in [1.29, 1.82) is 0 Å². The van der Waals surface area contributed by atoms with E-state index in [1.165, 1.54) is 18.2 Å². The maximum atomic E-state index is 11.2. The van der Waals surface area contributed by atoms with Crippen molar-refractivity contribution >= 4 is 35.0 Å². The predicted octanol–water partition coefficient (Wildman–Crippen LogP) is 2.65. The SMILES string of the molecule is O=C(O)CC(=O)c1ccc(Cl)c(Cl)c1. The van der Waals surface area contributed by atoms with Gasteiger partial charge in [-0.1, -0.05) is 23.2 Å². The van der Waals surface area contributed by atoms with E-state index in [0.29, 0.717) is 5.02 Å². The Balaban J connectivity index is 2.91. The van der Waals surface area contributed by atoms with Crippen molar-refractivity contribution in [1.82, 2.24) is 0 Å². The van der Waals surface area contributed by atoms with E-state index < -0.39 is 18.2 Å². The molecule has 1 aromatic rings. The molecule has 0 aliphatic heterocycles. The van der Waals surface area contributed by atoms with Gasteiger partial charge in [0, 0.05) is 5.56 Å². The Labute approximate surface area is 90.3 Å². The number of hydrogen-bond donors (Lipinski definition) is 1. The van der Waals surface area contributed by atoms with E-state index in [-0.39, 0.29) is 10.6 Å². The standard InChI is InChI=1S/C9H6Cl2O3/c10-6-2-1-5(3-7(6)11)8(12)4-9(13)14/h1-3H,4H2,(H,13,14). The lowest BCUT2D eigenvalue weighted by atomic mass is 10.1. The molecular formula is C9H6Cl2O3. The van der Waals surface area contributed by atoms with Crippen molar-refractivity contribution in [3.05, 3.63) is 33.8 Å². The highest BCUT2D eigenvalue weighted by Gasteiger charge is 2.11. The normalized spacial score (nSPS) is 9.86. The number of carbonyl (C=O) groups is 2. The van der Waals surface area contributed by atoms with Crippen molar-refractivity contribution in [2.75, 3.05) is 0 Å². The first-order valence-electron chi connectivity index (χ1n) is 3.70. The van der Waals surface area contributed by atoms with E-state index in [4.69, 9.17) is 28.3 Å². The van der Waals surface area contributed by atoms with Gasteiger partial charge in [-0.2, -0.15) is 0 Å². The minimum absolute atomic E-state index is 0.239. The van der Waals surface area contributed by atoms with Crippen molar-refractivity contribution in [2.24, 2.45) is 0 Å². The summed E-state index contributed by atoms with van der Waals surface area (Å²) in [6.45, 7) is 0. The fourth-order valence-electron chi connectivity index (χ4n) is 0.909. The third kappa shape index (κ3) is 2.72. The van der Waals surface area contributed by atoms with Crippen LogP contribution in [-0.2, 0) is 4.79 Å². The number of carboxylic acids is 1. The molecule has 0 radical (unpaired) electrons. The van der Waals surface area contributed by atoms with Crippen molar-refractivity contribution < 1.29 is 14.7 Å². The summed E-state index contributed by atoms with van der Waals surface area (Å²) >= 11 is 11.3. The van der Waals surface area contributed by atoms with Gasteiger partial charge in [0.1, 0.15) is 6.42 Å². The topological polar surface area (TPSA) is 54.4 Å². The second-order valence-electron chi connectivity index (χ2n) is 2.62. The van der Waals surface area contributed by atoms with Crippen molar-refractivity contribution in [3.8, 4) is 0 Å². The van der Waals surface area contributed by atoms with Crippen LogP contribution in [0.2, 0.25) is 10.0 Å². The zero-order valence-electron chi connectivity index (χ0n) is 6.96. The van der Waals surface area contributed by atoms with Gasteiger partial charge in [0.25, 0.3) is 0 Å². The summed E-state index contributed by atoms with van der Waals surface area (Å²) in [5.41, 5.74) is 0.252. The molecule has 1 N–H and O–H groups in total. The smallest absolute Gasteiger partial charge is 0.311 e. The summed E-state index contributed by atoms with van der Waals surface area (Å²) in [5, 5.41) is 8.96. The third-order valence-electron chi connectivity index (χ3n) is 1.55. The molecular weight excluding hydrogens is 227 g/mol.